The van der Waals surface area contributed by atoms with Crippen molar-refractivity contribution in [3.8, 4) is 0 Å². The fraction of sp³-hybridized carbons (Fsp3) is 0.278. The van der Waals surface area contributed by atoms with Crippen molar-refractivity contribution in [1.82, 2.24) is 0 Å². The number of anilines is 2. The SMILES string of the molecule is CNc1ccccc1C(=O)N1c2ccccc2CCC1C. The molecule has 0 aromatic heterocycles. The molecule has 2 aromatic carbocycles. The summed E-state index contributed by atoms with van der Waals surface area (Å²) in [7, 11) is 1.85. The van der Waals surface area contributed by atoms with Gasteiger partial charge in [0.05, 0.1) is 5.56 Å². The molecular weight excluding hydrogens is 260 g/mol. The number of aryl methyl sites for hydroxylation is 1. The molecule has 2 aromatic rings. The molecule has 0 saturated carbocycles. The summed E-state index contributed by atoms with van der Waals surface area (Å²) in [6.07, 6.45) is 2.04. The van der Waals surface area contributed by atoms with Gasteiger partial charge in [-0.3, -0.25) is 4.79 Å². The lowest BCUT2D eigenvalue weighted by molar-refractivity contribution is 0.0976. The second-order valence-corrected chi connectivity index (χ2v) is 5.49. The highest BCUT2D eigenvalue weighted by Crippen LogP contribution is 2.32. The number of nitrogens with zero attached hydrogens (tertiary/aromatic N) is 1. The Labute approximate surface area is 125 Å². The van der Waals surface area contributed by atoms with Gasteiger partial charge < -0.3 is 10.2 Å². The topological polar surface area (TPSA) is 32.3 Å². The van der Waals surface area contributed by atoms with Crippen LogP contribution in [0.2, 0.25) is 0 Å². The van der Waals surface area contributed by atoms with Gasteiger partial charge in [0.25, 0.3) is 5.91 Å². The van der Waals surface area contributed by atoms with E-state index in [-0.39, 0.29) is 11.9 Å². The number of nitrogens with one attached hydrogen (secondary N) is 1. The first-order valence-corrected chi connectivity index (χ1v) is 7.40. The molecule has 1 N–H and O–H groups in total. The summed E-state index contributed by atoms with van der Waals surface area (Å²) in [6, 6.07) is 16.1. The second-order valence-electron chi connectivity index (χ2n) is 5.49. The standard InChI is InChI=1S/C18H20N2O/c1-13-11-12-14-7-3-6-10-17(14)20(13)18(21)15-8-4-5-9-16(15)19-2/h3-10,13,19H,11-12H2,1-2H3. The molecule has 1 heterocycles. The summed E-state index contributed by atoms with van der Waals surface area (Å²) in [6.45, 7) is 2.12. The molecule has 1 aliphatic heterocycles. The maximum Gasteiger partial charge on any atom is 0.260 e. The van der Waals surface area contributed by atoms with E-state index in [2.05, 4.69) is 18.3 Å². The van der Waals surface area contributed by atoms with Crippen LogP contribution < -0.4 is 10.2 Å². The Morgan fingerprint density at radius 2 is 1.86 bits per heavy atom. The summed E-state index contributed by atoms with van der Waals surface area (Å²) >= 11 is 0. The van der Waals surface area contributed by atoms with Crippen molar-refractivity contribution >= 4 is 17.3 Å². The van der Waals surface area contributed by atoms with Crippen molar-refractivity contribution in [2.24, 2.45) is 0 Å². The van der Waals surface area contributed by atoms with Crippen LogP contribution in [0.25, 0.3) is 0 Å². The molecule has 3 nitrogen and oxygen atoms in total. The quantitative estimate of drug-likeness (QED) is 0.909. The highest BCUT2D eigenvalue weighted by Gasteiger charge is 2.29. The van der Waals surface area contributed by atoms with E-state index >= 15 is 0 Å². The number of rotatable bonds is 2. The number of carbonyl (C=O) groups is 1. The van der Waals surface area contributed by atoms with Crippen molar-refractivity contribution < 1.29 is 4.79 Å². The molecule has 1 amide bonds. The van der Waals surface area contributed by atoms with E-state index < -0.39 is 0 Å². The minimum Gasteiger partial charge on any atom is -0.387 e. The molecule has 1 unspecified atom stereocenters. The highest BCUT2D eigenvalue weighted by molar-refractivity contribution is 6.10. The lowest BCUT2D eigenvalue weighted by Crippen LogP contribution is -2.42. The van der Waals surface area contributed by atoms with Crippen molar-refractivity contribution in [3.63, 3.8) is 0 Å². The smallest absolute Gasteiger partial charge is 0.260 e. The van der Waals surface area contributed by atoms with Gasteiger partial charge in [-0.2, -0.15) is 0 Å². The lowest BCUT2D eigenvalue weighted by atomic mass is 9.95. The first-order valence-electron chi connectivity index (χ1n) is 7.40. The van der Waals surface area contributed by atoms with Gasteiger partial charge in [0.2, 0.25) is 0 Å². The van der Waals surface area contributed by atoms with Crippen LogP contribution in [-0.2, 0) is 6.42 Å². The average Bonchev–Trinajstić information content (AvgIpc) is 2.54. The van der Waals surface area contributed by atoms with E-state index in [9.17, 15) is 4.79 Å². The van der Waals surface area contributed by atoms with Crippen LogP contribution in [0.15, 0.2) is 48.5 Å². The van der Waals surface area contributed by atoms with Crippen LogP contribution in [0.1, 0.15) is 29.3 Å². The fourth-order valence-corrected chi connectivity index (χ4v) is 3.02. The molecule has 108 valence electrons. The third kappa shape index (κ3) is 2.40. The number of carbonyl (C=O) groups excluding carboxylic acids is 1. The molecule has 3 rings (SSSR count). The van der Waals surface area contributed by atoms with E-state index in [1.165, 1.54) is 5.56 Å². The van der Waals surface area contributed by atoms with Gasteiger partial charge in [-0.1, -0.05) is 30.3 Å². The molecule has 21 heavy (non-hydrogen) atoms. The van der Waals surface area contributed by atoms with Gasteiger partial charge >= 0.3 is 0 Å². The Morgan fingerprint density at radius 3 is 2.67 bits per heavy atom. The Bertz CT molecular complexity index is 666. The van der Waals surface area contributed by atoms with Gasteiger partial charge in [-0.15, -0.1) is 0 Å². The van der Waals surface area contributed by atoms with Crippen molar-refractivity contribution in [3.05, 3.63) is 59.7 Å². The Balaban J connectivity index is 2.05. The maximum atomic E-state index is 13.0. The summed E-state index contributed by atoms with van der Waals surface area (Å²) in [4.78, 5) is 15.0. The molecular formula is C18H20N2O. The van der Waals surface area contributed by atoms with Crippen LogP contribution in [0.4, 0.5) is 11.4 Å². The number of para-hydroxylation sites is 2. The Morgan fingerprint density at radius 1 is 1.14 bits per heavy atom. The fourth-order valence-electron chi connectivity index (χ4n) is 3.02. The molecule has 0 bridgehead atoms. The third-order valence-corrected chi connectivity index (χ3v) is 4.17. The summed E-state index contributed by atoms with van der Waals surface area (Å²) in [5.74, 6) is 0.0691. The van der Waals surface area contributed by atoms with E-state index in [1.54, 1.807) is 0 Å². The predicted octanol–water partition coefficient (Wildman–Crippen LogP) is 3.71. The van der Waals surface area contributed by atoms with Gasteiger partial charge in [-0.25, -0.2) is 0 Å². The number of benzene rings is 2. The van der Waals surface area contributed by atoms with E-state index in [0.29, 0.717) is 0 Å². The number of fused-ring (bicyclic) bond motifs is 1. The van der Waals surface area contributed by atoms with Crippen LogP contribution in [0, 0.1) is 0 Å². The zero-order valence-corrected chi connectivity index (χ0v) is 12.5. The first kappa shape index (κ1) is 13.7. The maximum absolute atomic E-state index is 13.0. The van der Waals surface area contributed by atoms with Crippen LogP contribution in [0.3, 0.4) is 0 Å². The van der Waals surface area contributed by atoms with Gasteiger partial charge in [0.1, 0.15) is 0 Å². The summed E-state index contributed by atoms with van der Waals surface area (Å²) in [5.41, 5.74) is 3.90. The molecule has 3 heteroatoms. The minimum absolute atomic E-state index is 0.0691. The van der Waals surface area contributed by atoms with E-state index in [4.69, 9.17) is 0 Å². The van der Waals surface area contributed by atoms with Gasteiger partial charge in [0.15, 0.2) is 0 Å². The van der Waals surface area contributed by atoms with E-state index in [0.717, 1.165) is 29.8 Å². The summed E-state index contributed by atoms with van der Waals surface area (Å²) < 4.78 is 0. The zero-order chi connectivity index (χ0) is 14.8. The first-order chi connectivity index (χ1) is 10.2. The average molecular weight is 280 g/mol. The molecule has 1 atom stereocenters. The van der Waals surface area contributed by atoms with Crippen molar-refractivity contribution in [2.75, 3.05) is 17.3 Å². The molecule has 0 saturated heterocycles. The largest absolute Gasteiger partial charge is 0.387 e. The second kappa shape index (κ2) is 5.60. The zero-order valence-electron chi connectivity index (χ0n) is 12.5. The highest BCUT2D eigenvalue weighted by atomic mass is 16.2. The number of hydrogen-bond acceptors (Lipinski definition) is 2. The predicted molar refractivity (Wildman–Crippen MR) is 87.0 cm³/mol. The van der Waals surface area contributed by atoms with Gasteiger partial charge in [0, 0.05) is 24.5 Å². The monoisotopic (exact) mass is 280 g/mol. The van der Waals surface area contributed by atoms with Gasteiger partial charge in [-0.05, 0) is 43.5 Å². The molecule has 0 aliphatic carbocycles. The minimum atomic E-state index is 0.0691. The molecule has 0 fully saturated rings. The lowest BCUT2D eigenvalue weighted by Gasteiger charge is -2.35. The van der Waals surface area contributed by atoms with Crippen LogP contribution >= 0.6 is 0 Å². The molecule has 0 radical (unpaired) electrons. The Hall–Kier alpha value is -2.29. The van der Waals surface area contributed by atoms with Crippen molar-refractivity contribution in [1.29, 1.82) is 0 Å². The normalized spacial score (nSPS) is 17.2. The molecule has 1 aliphatic rings. The van der Waals surface area contributed by atoms with Crippen molar-refractivity contribution in [2.45, 2.75) is 25.8 Å². The third-order valence-electron chi connectivity index (χ3n) is 4.17. The Kier molecular flexibility index (Phi) is 3.65. The van der Waals surface area contributed by atoms with E-state index in [1.807, 2.05) is 54.4 Å². The van der Waals surface area contributed by atoms with Crippen LogP contribution in [-0.4, -0.2) is 19.0 Å². The number of amides is 1. The summed E-state index contributed by atoms with van der Waals surface area (Å²) in [5, 5.41) is 3.11. The molecule has 0 spiro atoms. The number of hydrogen-bond donors (Lipinski definition) is 1. The van der Waals surface area contributed by atoms with Crippen LogP contribution in [0.5, 0.6) is 0 Å².